The quantitative estimate of drug-likeness (QED) is 0.378. The molecule has 60 valence electrons. The van der Waals surface area contributed by atoms with Gasteiger partial charge in [0, 0.05) is 0 Å². The lowest BCUT2D eigenvalue weighted by atomic mass is 10.1. The van der Waals surface area contributed by atoms with E-state index in [2.05, 4.69) is 0 Å². The van der Waals surface area contributed by atoms with Crippen molar-refractivity contribution < 1.29 is 13.4 Å². The Morgan fingerprint density at radius 1 is 1.30 bits per heavy atom. The average molecular weight is 151 g/mol. The van der Waals surface area contributed by atoms with Gasteiger partial charge in [-0.1, -0.05) is 0 Å². The fourth-order valence-electron chi connectivity index (χ4n) is 1.04. The van der Waals surface area contributed by atoms with Crippen LogP contribution >= 0.6 is 0 Å². The molecule has 0 aromatic rings. The van der Waals surface area contributed by atoms with Gasteiger partial charge in [-0.25, -0.2) is 8.78 Å². The highest BCUT2D eigenvalue weighted by molar-refractivity contribution is 4.70. The van der Waals surface area contributed by atoms with Crippen LogP contribution in [0.5, 0.6) is 0 Å². The fourth-order valence-corrected chi connectivity index (χ4v) is 1.04. The van der Waals surface area contributed by atoms with Crippen molar-refractivity contribution >= 4 is 0 Å². The first-order chi connectivity index (χ1) is 4.41. The number of alkyl halides is 2. The third-order valence-corrected chi connectivity index (χ3v) is 1.90. The first kappa shape index (κ1) is 7.88. The van der Waals surface area contributed by atoms with Gasteiger partial charge in [0.25, 0.3) is 5.92 Å². The van der Waals surface area contributed by atoms with Crippen molar-refractivity contribution in [1.29, 1.82) is 0 Å². The van der Waals surface area contributed by atoms with Gasteiger partial charge in [0.2, 0.25) is 0 Å². The summed E-state index contributed by atoms with van der Waals surface area (Å²) in [5.74, 6) is -2.58. The third kappa shape index (κ3) is 1.88. The summed E-state index contributed by atoms with van der Waals surface area (Å²) in [5.41, 5.74) is 0. The summed E-state index contributed by atoms with van der Waals surface area (Å²) in [6.07, 6.45) is -0.514. The highest BCUT2D eigenvalue weighted by Crippen LogP contribution is 2.29. The summed E-state index contributed by atoms with van der Waals surface area (Å²) in [5, 5.41) is 11.0. The van der Waals surface area contributed by atoms with Crippen LogP contribution in [0.25, 0.3) is 0 Å². The van der Waals surface area contributed by atoms with Crippen molar-refractivity contribution in [2.45, 2.75) is 18.8 Å². The van der Waals surface area contributed by atoms with E-state index in [1.165, 1.54) is 7.05 Å². The molecule has 0 bridgehead atoms. The second-order valence-electron chi connectivity index (χ2n) is 3.10. The number of nitrogens with zero attached hydrogens (tertiary/aromatic N) is 1. The van der Waals surface area contributed by atoms with Crippen LogP contribution in [0.1, 0.15) is 12.8 Å². The largest absolute Gasteiger partial charge is 0.633 e. The smallest absolute Gasteiger partial charge is 0.258 e. The SMILES string of the molecule is C[N+]1([O-])CCC(F)(F)CC1. The summed E-state index contributed by atoms with van der Waals surface area (Å²) in [4.78, 5) is 0. The van der Waals surface area contributed by atoms with Gasteiger partial charge < -0.3 is 9.85 Å². The van der Waals surface area contributed by atoms with Crippen molar-refractivity contribution in [3.8, 4) is 0 Å². The lowest BCUT2D eigenvalue weighted by Crippen LogP contribution is -2.48. The molecule has 1 aliphatic rings. The van der Waals surface area contributed by atoms with E-state index in [-0.39, 0.29) is 25.9 Å². The van der Waals surface area contributed by atoms with E-state index >= 15 is 0 Å². The van der Waals surface area contributed by atoms with Crippen molar-refractivity contribution in [1.82, 2.24) is 0 Å². The molecule has 0 spiro atoms. The van der Waals surface area contributed by atoms with E-state index in [9.17, 15) is 14.0 Å². The van der Waals surface area contributed by atoms with Crippen molar-refractivity contribution in [2.75, 3.05) is 20.1 Å². The molecular formula is C6H11F2NO. The predicted octanol–water partition coefficient (Wildman–Crippen LogP) is 1.36. The minimum absolute atomic E-state index is 0.0486. The van der Waals surface area contributed by atoms with Gasteiger partial charge in [-0.2, -0.15) is 0 Å². The van der Waals surface area contributed by atoms with Crippen LogP contribution in [0.4, 0.5) is 8.78 Å². The minimum atomic E-state index is -2.58. The van der Waals surface area contributed by atoms with E-state index in [1.807, 2.05) is 0 Å². The third-order valence-electron chi connectivity index (χ3n) is 1.90. The molecule has 1 heterocycles. The maximum atomic E-state index is 12.4. The van der Waals surface area contributed by atoms with Gasteiger partial charge in [-0.3, -0.25) is 0 Å². The number of hydrogen-bond acceptors (Lipinski definition) is 1. The van der Waals surface area contributed by atoms with Crippen LogP contribution < -0.4 is 0 Å². The van der Waals surface area contributed by atoms with Crippen molar-refractivity contribution in [2.24, 2.45) is 0 Å². The van der Waals surface area contributed by atoms with Gasteiger partial charge in [0.05, 0.1) is 33.0 Å². The Morgan fingerprint density at radius 3 is 2.00 bits per heavy atom. The standard InChI is InChI=1S/C6H11F2NO/c1-9(10)4-2-6(7,8)3-5-9/h2-5H2,1H3. The second kappa shape index (κ2) is 2.13. The molecule has 1 saturated heterocycles. The summed E-state index contributed by atoms with van der Waals surface area (Å²) in [7, 11) is 1.44. The van der Waals surface area contributed by atoms with E-state index in [0.29, 0.717) is 0 Å². The molecule has 0 saturated carbocycles. The molecule has 0 aliphatic carbocycles. The van der Waals surface area contributed by atoms with E-state index in [4.69, 9.17) is 0 Å². The Balaban J connectivity index is 2.46. The molecule has 0 radical (unpaired) electrons. The van der Waals surface area contributed by atoms with Crippen molar-refractivity contribution in [3.05, 3.63) is 5.21 Å². The van der Waals surface area contributed by atoms with Crippen LogP contribution in [0.2, 0.25) is 0 Å². The minimum Gasteiger partial charge on any atom is -0.633 e. The van der Waals surface area contributed by atoms with Gasteiger partial charge in [0.1, 0.15) is 0 Å². The van der Waals surface area contributed by atoms with Crippen LogP contribution in [0.3, 0.4) is 0 Å². The van der Waals surface area contributed by atoms with Crippen LogP contribution in [-0.4, -0.2) is 30.7 Å². The number of quaternary nitrogens is 1. The molecule has 1 fully saturated rings. The zero-order valence-electron chi connectivity index (χ0n) is 5.94. The molecule has 0 aromatic heterocycles. The number of piperidine rings is 1. The summed E-state index contributed by atoms with van der Waals surface area (Å²) >= 11 is 0. The van der Waals surface area contributed by atoms with Crippen LogP contribution in [0, 0.1) is 5.21 Å². The number of likely N-dealkylation sites (tertiary alicyclic amines) is 1. The number of rotatable bonds is 0. The maximum absolute atomic E-state index is 12.4. The topological polar surface area (TPSA) is 23.1 Å². The lowest BCUT2D eigenvalue weighted by Gasteiger charge is -2.43. The number of hydroxylamine groups is 3. The molecule has 0 N–H and O–H groups in total. The Kier molecular flexibility index (Phi) is 1.68. The predicted molar refractivity (Wildman–Crippen MR) is 33.5 cm³/mol. The number of hydrogen-bond donors (Lipinski definition) is 0. The Hall–Kier alpha value is -0.220. The molecule has 0 atom stereocenters. The molecule has 2 nitrogen and oxygen atoms in total. The van der Waals surface area contributed by atoms with E-state index in [0.717, 1.165) is 0 Å². The molecule has 10 heavy (non-hydrogen) atoms. The van der Waals surface area contributed by atoms with Gasteiger partial charge in [-0.05, 0) is 0 Å². The van der Waals surface area contributed by atoms with Crippen LogP contribution in [-0.2, 0) is 0 Å². The zero-order valence-corrected chi connectivity index (χ0v) is 5.94. The molecular weight excluding hydrogens is 140 g/mol. The zero-order chi connectivity index (χ0) is 7.83. The normalized spacial score (nSPS) is 30.0. The van der Waals surface area contributed by atoms with Gasteiger partial charge >= 0.3 is 0 Å². The summed E-state index contributed by atoms with van der Waals surface area (Å²) in [6.45, 7) is 0.0972. The summed E-state index contributed by atoms with van der Waals surface area (Å²) < 4.78 is 24.3. The molecule has 0 amide bonds. The van der Waals surface area contributed by atoms with Crippen molar-refractivity contribution in [3.63, 3.8) is 0 Å². The first-order valence-corrected chi connectivity index (χ1v) is 3.35. The van der Waals surface area contributed by atoms with Gasteiger partial charge in [0.15, 0.2) is 0 Å². The Labute approximate surface area is 58.6 Å². The van der Waals surface area contributed by atoms with E-state index in [1.54, 1.807) is 0 Å². The first-order valence-electron chi connectivity index (χ1n) is 3.35. The highest BCUT2D eigenvalue weighted by Gasteiger charge is 2.37. The molecule has 4 heteroatoms. The molecule has 0 aromatic carbocycles. The fraction of sp³-hybridized carbons (Fsp3) is 1.00. The summed E-state index contributed by atoms with van der Waals surface area (Å²) in [6, 6.07) is 0. The number of halogens is 2. The van der Waals surface area contributed by atoms with Crippen LogP contribution in [0.15, 0.2) is 0 Å². The average Bonchev–Trinajstić information content (AvgIpc) is 1.79. The lowest BCUT2D eigenvalue weighted by molar-refractivity contribution is -0.869. The highest BCUT2D eigenvalue weighted by atomic mass is 19.3. The molecule has 1 aliphatic heterocycles. The maximum Gasteiger partial charge on any atom is 0.258 e. The Bertz CT molecular complexity index is 108. The second-order valence-corrected chi connectivity index (χ2v) is 3.10. The monoisotopic (exact) mass is 151 g/mol. The molecule has 0 unspecified atom stereocenters. The molecule has 1 rings (SSSR count). The van der Waals surface area contributed by atoms with E-state index < -0.39 is 10.6 Å². The Morgan fingerprint density at radius 2 is 1.70 bits per heavy atom. The van der Waals surface area contributed by atoms with Gasteiger partial charge in [-0.15, -0.1) is 0 Å².